The van der Waals surface area contributed by atoms with Crippen LogP contribution in [0.4, 0.5) is 0 Å². The van der Waals surface area contributed by atoms with Crippen LogP contribution in [0.1, 0.15) is 13.8 Å². The van der Waals surface area contributed by atoms with E-state index >= 15 is 0 Å². The van der Waals surface area contributed by atoms with E-state index in [9.17, 15) is 9.59 Å². The Morgan fingerprint density at radius 3 is 2.57 bits per heavy atom. The maximum absolute atomic E-state index is 13.5. The lowest BCUT2D eigenvalue weighted by atomic mass is 10.2. The number of carbonyl (C=O) groups excluding carboxylic acids is 1. The van der Waals surface area contributed by atoms with Crippen molar-refractivity contribution >= 4 is 57.6 Å². The first kappa shape index (κ1) is 20.8. The van der Waals surface area contributed by atoms with Crippen LogP contribution in [-0.2, 0) is 11.3 Å². The van der Waals surface area contributed by atoms with Crippen LogP contribution >= 0.6 is 35.2 Å². The molecule has 0 N–H and O–H groups in total. The number of para-hydroxylation sites is 1. The fraction of sp³-hybridized carbons (Fsp3) is 0.227. The van der Waals surface area contributed by atoms with Crippen LogP contribution in [0, 0.1) is 3.95 Å². The zero-order valence-electron chi connectivity index (χ0n) is 16.6. The van der Waals surface area contributed by atoms with Crippen molar-refractivity contribution in [3.8, 4) is 10.4 Å². The number of hydrogen-bond acceptors (Lipinski definition) is 4. The Morgan fingerprint density at radius 2 is 1.87 bits per heavy atom. The monoisotopic (exact) mass is 457 g/mol. The number of aromatic nitrogens is 2. The standard InChI is InChI=1S/C22H20ClN3O2S2/c1-3-24(4-2)18(27)13-25-20-19(14-8-7-9-15(23)12-14)30-22(29)26(20)17-11-6-5-10-16(17)21(25)28/h5-12H,3-4,13H2,1-2H3. The molecule has 4 rings (SSSR count). The molecule has 0 aliphatic rings. The minimum Gasteiger partial charge on any atom is -0.342 e. The van der Waals surface area contributed by atoms with Crippen LogP contribution in [0.15, 0.2) is 53.3 Å². The number of fused-ring (bicyclic) bond motifs is 3. The van der Waals surface area contributed by atoms with Gasteiger partial charge in [-0.1, -0.05) is 35.9 Å². The lowest BCUT2D eigenvalue weighted by Gasteiger charge is -2.20. The number of thiazole rings is 1. The normalized spacial score (nSPS) is 11.3. The van der Waals surface area contributed by atoms with E-state index < -0.39 is 0 Å². The van der Waals surface area contributed by atoms with Gasteiger partial charge in [0.1, 0.15) is 12.2 Å². The predicted molar refractivity (Wildman–Crippen MR) is 126 cm³/mol. The molecule has 154 valence electrons. The van der Waals surface area contributed by atoms with Crippen molar-refractivity contribution in [3.05, 3.63) is 67.9 Å². The van der Waals surface area contributed by atoms with Crippen molar-refractivity contribution in [2.75, 3.05) is 13.1 Å². The van der Waals surface area contributed by atoms with E-state index in [1.54, 1.807) is 21.6 Å². The molecule has 2 aromatic heterocycles. The molecule has 0 fully saturated rings. The van der Waals surface area contributed by atoms with Gasteiger partial charge < -0.3 is 4.90 Å². The van der Waals surface area contributed by atoms with Crippen molar-refractivity contribution < 1.29 is 4.79 Å². The number of rotatable bonds is 5. The van der Waals surface area contributed by atoms with Crippen LogP contribution in [-0.4, -0.2) is 32.9 Å². The number of halogens is 1. The van der Waals surface area contributed by atoms with Gasteiger partial charge in [0.25, 0.3) is 5.56 Å². The second kappa shape index (κ2) is 8.34. The summed E-state index contributed by atoms with van der Waals surface area (Å²) in [6.07, 6.45) is 0. The third kappa shape index (κ3) is 3.47. The fourth-order valence-corrected chi connectivity index (χ4v) is 5.30. The first-order valence-corrected chi connectivity index (χ1v) is 11.3. The number of likely N-dealkylation sites (N-methyl/N-ethyl adjacent to an activating group) is 1. The summed E-state index contributed by atoms with van der Waals surface area (Å²) in [4.78, 5) is 28.9. The SMILES string of the molecule is CCN(CC)C(=O)Cn1c(=O)c2ccccc2n2c(=S)sc(-c3cccc(Cl)c3)c12. The number of benzene rings is 2. The predicted octanol–water partition coefficient (Wildman–Crippen LogP) is 5.23. The molecule has 0 spiro atoms. The molecular formula is C22H20ClN3O2S2. The highest BCUT2D eigenvalue weighted by Crippen LogP contribution is 2.34. The molecule has 0 aliphatic carbocycles. The van der Waals surface area contributed by atoms with Crippen LogP contribution < -0.4 is 5.56 Å². The van der Waals surface area contributed by atoms with Gasteiger partial charge in [0.05, 0.1) is 15.8 Å². The van der Waals surface area contributed by atoms with Crippen molar-refractivity contribution in [1.82, 2.24) is 13.9 Å². The van der Waals surface area contributed by atoms with Crippen molar-refractivity contribution in [2.45, 2.75) is 20.4 Å². The third-order valence-electron chi connectivity index (χ3n) is 5.16. The Bertz CT molecular complexity index is 1380. The van der Waals surface area contributed by atoms with E-state index in [-0.39, 0.29) is 18.0 Å². The van der Waals surface area contributed by atoms with Crippen LogP contribution in [0.25, 0.3) is 27.0 Å². The highest BCUT2D eigenvalue weighted by atomic mass is 35.5. The molecule has 2 heterocycles. The molecule has 4 aromatic rings. The molecule has 30 heavy (non-hydrogen) atoms. The van der Waals surface area contributed by atoms with E-state index in [4.69, 9.17) is 23.8 Å². The molecule has 0 unspecified atom stereocenters. The number of amides is 1. The van der Waals surface area contributed by atoms with Crippen molar-refractivity contribution in [3.63, 3.8) is 0 Å². The molecule has 0 radical (unpaired) electrons. The van der Waals surface area contributed by atoms with Gasteiger partial charge in [-0.25, -0.2) is 0 Å². The molecule has 0 bridgehead atoms. The number of nitrogens with zero attached hydrogens (tertiary/aromatic N) is 3. The van der Waals surface area contributed by atoms with Crippen molar-refractivity contribution in [1.29, 1.82) is 0 Å². The second-order valence-electron chi connectivity index (χ2n) is 6.84. The number of carbonyl (C=O) groups is 1. The van der Waals surface area contributed by atoms with Crippen LogP contribution in [0.3, 0.4) is 0 Å². The quantitative estimate of drug-likeness (QED) is 0.385. The van der Waals surface area contributed by atoms with Gasteiger partial charge in [0.15, 0.2) is 3.95 Å². The fourth-order valence-electron chi connectivity index (χ4n) is 3.69. The van der Waals surface area contributed by atoms with Gasteiger partial charge in [-0.2, -0.15) is 0 Å². The molecule has 8 heteroatoms. The van der Waals surface area contributed by atoms with E-state index in [0.29, 0.717) is 33.1 Å². The zero-order chi connectivity index (χ0) is 21.4. The van der Waals surface area contributed by atoms with E-state index in [2.05, 4.69) is 0 Å². The molecule has 2 aromatic carbocycles. The Hall–Kier alpha value is -2.48. The van der Waals surface area contributed by atoms with E-state index in [1.165, 1.54) is 11.3 Å². The maximum Gasteiger partial charge on any atom is 0.262 e. The molecular weight excluding hydrogens is 438 g/mol. The minimum atomic E-state index is -0.206. The molecule has 0 saturated carbocycles. The second-order valence-corrected chi connectivity index (χ2v) is 8.92. The highest BCUT2D eigenvalue weighted by Gasteiger charge is 2.21. The minimum absolute atomic E-state index is 0.0477. The van der Waals surface area contributed by atoms with Gasteiger partial charge in [-0.3, -0.25) is 18.6 Å². The number of hydrogen-bond donors (Lipinski definition) is 0. The van der Waals surface area contributed by atoms with Crippen LogP contribution in [0.2, 0.25) is 5.02 Å². The lowest BCUT2D eigenvalue weighted by molar-refractivity contribution is -0.131. The van der Waals surface area contributed by atoms with E-state index in [1.807, 2.05) is 54.6 Å². The third-order valence-corrected chi connectivity index (χ3v) is 6.81. The Balaban J connectivity index is 2.10. The summed E-state index contributed by atoms with van der Waals surface area (Å²) in [5.41, 5.74) is 2.01. The summed E-state index contributed by atoms with van der Waals surface area (Å²) in [6, 6.07) is 14.8. The smallest absolute Gasteiger partial charge is 0.262 e. The highest BCUT2D eigenvalue weighted by molar-refractivity contribution is 7.73. The first-order valence-electron chi connectivity index (χ1n) is 9.67. The summed E-state index contributed by atoms with van der Waals surface area (Å²) >= 11 is 13.3. The van der Waals surface area contributed by atoms with Gasteiger partial charge in [0.2, 0.25) is 5.91 Å². The largest absolute Gasteiger partial charge is 0.342 e. The molecule has 0 atom stereocenters. The van der Waals surface area contributed by atoms with Gasteiger partial charge >= 0.3 is 0 Å². The Labute approximate surface area is 187 Å². The summed E-state index contributed by atoms with van der Waals surface area (Å²) in [5.74, 6) is -0.103. The van der Waals surface area contributed by atoms with Gasteiger partial charge in [0, 0.05) is 18.1 Å². The average molecular weight is 458 g/mol. The van der Waals surface area contributed by atoms with Gasteiger partial charge in [-0.05, 0) is 55.9 Å². The molecule has 0 aliphatic heterocycles. The Kier molecular flexibility index (Phi) is 5.77. The van der Waals surface area contributed by atoms with Crippen molar-refractivity contribution in [2.24, 2.45) is 0 Å². The van der Waals surface area contributed by atoms with E-state index in [0.717, 1.165) is 16.0 Å². The molecule has 0 saturated heterocycles. The lowest BCUT2D eigenvalue weighted by Crippen LogP contribution is -2.37. The summed E-state index contributed by atoms with van der Waals surface area (Å²) < 4.78 is 4.05. The zero-order valence-corrected chi connectivity index (χ0v) is 19.0. The topological polar surface area (TPSA) is 46.7 Å². The summed E-state index contributed by atoms with van der Waals surface area (Å²) in [7, 11) is 0. The average Bonchev–Trinajstić information content (AvgIpc) is 3.09. The first-order chi connectivity index (χ1) is 14.5. The van der Waals surface area contributed by atoms with Gasteiger partial charge in [-0.15, -0.1) is 11.3 Å². The Morgan fingerprint density at radius 1 is 1.13 bits per heavy atom. The summed E-state index contributed by atoms with van der Waals surface area (Å²) in [6.45, 7) is 4.99. The molecule has 1 amide bonds. The van der Waals surface area contributed by atoms with Crippen LogP contribution in [0.5, 0.6) is 0 Å². The molecule has 5 nitrogen and oxygen atoms in total. The maximum atomic E-state index is 13.5. The summed E-state index contributed by atoms with van der Waals surface area (Å²) in [5, 5.41) is 1.13.